The Bertz CT molecular complexity index is 295. The number of nitrogens with zero attached hydrogens (tertiary/aromatic N) is 2. The molecule has 1 rings (SSSR count). The molecule has 0 aliphatic rings. The van der Waals surface area contributed by atoms with E-state index in [0.29, 0.717) is 12.4 Å². The SMILES string of the molecule is CCOC(C)c1noc(C(C)=O)n1. The molecule has 1 aromatic heterocycles. The van der Waals surface area contributed by atoms with Crippen molar-refractivity contribution in [2.75, 3.05) is 6.61 Å². The summed E-state index contributed by atoms with van der Waals surface area (Å²) in [6.45, 7) is 5.63. The van der Waals surface area contributed by atoms with Crippen molar-refractivity contribution in [3.8, 4) is 0 Å². The Labute approximate surface area is 76.1 Å². The molecule has 5 heteroatoms. The Morgan fingerprint density at radius 1 is 1.69 bits per heavy atom. The maximum atomic E-state index is 10.8. The van der Waals surface area contributed by atoms with Gasteiger partial charge in [-0.2, -0.15) is 4.98 Å². The summed E-state index contributed by atoms with van der Waals surface area (Å²) in [6, 6.07) is 0. The van der Waals surface area contributed by atoms with Gasteiger partial charge < -0.3 is 9.26 Å². The number of hydrogen-bond donors (Lipinski definition) is 0. The van der Waals surface area contributed by atoms with Crippen LogP contribution in [-0.4, -0.2) is 22.5 Å². The van der Waals surface area contributed by atoms with E-state index in [-0.39, 0.29) is 17.8 Å². The zero-order valence-corrected chi connectivity index (χ0v) is 7.90. The zero-order valence-electron chi connectivity index (χ0n) is 7.90. The van der Waals surface area contributed by atoms with E-state index in [1.54, 1.807) is 6.92 Å². The molecule has 1 aromatic rings. The smallest absolute Gasteiger partial charge is 0.293 e. The van der Waals surface area contributed by atoms with Crippen LogP contribution in [0, 0.1) is 0 Å². The highest BCUT2D eigenvalue weighted by molar-refractivity contribution is 5.89. The van der Waals surface area contributed by atoms with Gasteiger partial charge in [-0.25, -0.2) is 0 Å². The van der Waals surface area contributed by atoms with Crippen molar-refractivity contribution >= 4 is 5.78 Å². The Morgan fingerprint density at radius 2 is 2.38 bits per heavy atom. The first-order valence-electron chi connectivity index (χ1n) is 4.11. The van der Waals surface area contributed by atoms with E-state index in [4.69, 9.17) is 9.26 Å². The summed E-state index contributed by atoms with van der Waals surface area (Å²) >= 11 is 0. The standard InChI is InChI=1S/C8H12N2O3/c1-4-12-6(3)7-9-8(5(2)11)13-10-7/h6H,4H2,1-3H3. The van der Waals surface area contributed by atoms with Gasteiger partial charge in [-0.1, -0.05) is 5.16 Å². The Kier molecular flexibility index (Phi) is 3.13. The first-order valence-corrected chi connectivity index (χ1v) is 4.11. The van der Waals surface area contributed by atoms with Crippen LogP contribution in [0.5, 0.6) is 0 Å². The fourth-order valence-corrected chi connectivity index (χ4v) is 0.868. The Morgan fingerprint density at radius 3 is 2.85 bits per heavy atom. The van der Waals surface area contributed by atoms with Crippen molar-refractivity contribution in [3.05, 3.63) is 11.7 Å². The maximum absolute atomic E-state index is 10.8. The Balaban J connectivity index is 2.73. The lowest BCUT2D eigenvalue weighted by Crippen LogP contribution is -2.02. The molecule has 0 radical (unpaired) electrons. The van der Waals surface area contributed by atoms with Gasteiger partial charge in [0.05, 0.1) is 0 Å². The van der Waals surface area contributed by atoms with Crippen LogP contribution >= 0.6 is 0 Å². The highest BCUT2D eigenvalue weighted by atomic mass is 16.5. The van der Waals surface area contributed by atoms with Crippen LogP contribution < -0.4 is 0 Å². The largest absolute Gasteiger partial charge is 0.371 e. The second-order valence-corrected chi connectivity index (χ2v) is 2.61. The first kappa shape index (κ1) is 9.85. The fraction of sp³-hybridized carbons (Fsp3) is 0.625. The van der Waals surface area contributed by atoms with Crippen LogP contribution in [0.4, 0.5) is 0 Å². The van der Waals surface area contributed by atoms with Crippen molar-refractivity contribution in [3.63, 3.8) is 0 Å². The molecular weight excluding hydrogens is 172 g/mol. The molecule has 0 saturated heterocycles. The number of aromatic nitrogens is 2. The van der Waals surface area contributed by atoms with E-state index < -0.39 is 0 Å². The lowest BCUT2D eigenvalue weighted by molar-refractivity contribution is 0.0683. The summed E-state index contributed by atoms with van der Waals surface area (Å²) in [6.07, 6.45) is -0.234. The molecule has 1 heterocycles. The predicted molar refractivity (Wildman–Crippen MR) is 44.3 cm³/mol. The third-order valence-corrected chi connectivity index (χ3v) is 1.52. The molecule has 0 amide bonds. The highest BCUT2D eigenvalue weighted by Gasteiger charge is 2.15. The number of hydrogen-bond acceptors (Lipinski definition) is 5. The number of ether oxygens (including phenoxy) is 1. The lowest BCUT2D eigenvalue weighted by atomic mass is 10.4. The minimum absolute atomic E-state index is 0.0292. The number of ketones is 1. The molecule has 0 bridgehead atoms. The third kappa shape index (κ3) is 2.35. The van der Waals surface area contributed by atoms with Gasteiger partial charge in [0.15, 0.2) is 0 Å². The quantitative estimate of drug-likeness (QED) is 0.661. The van der Waals surface area contributed by atoms with Crippen molar-refractivity contribution in [1.82, 2.24) is 10.1 Å². The zero-order chi connectivity index (χ0) is 9.84. The van der Waals surface area contributed by atoms with E-state index in [0.717, 1.165) is 0 Å². The molecule has 72 valence electrons. The maximum Gasteiger partial charge on any atom is 0.293 e. The van der Waals surface area contributed by atoms with Crippen LogP contribution in [0.2, 0.25) is 0 Å². The molecule has 5 nitrogen and oxygen atoms in total. The average molecular weight is 184 g/mol. The summed E-state index contributed by atoms with van der Waals surface area (Å²) in [7, 11) is 0. The van der Waals surface area contributed by atoms with E-state index in [1.165, 1.54) is 6.92 Å². The predicted octanol–water partition coefficient (Wildman–Crippen LogP) is 1.37. The van der Waals surface area contributed by atoms with Gasteiger partial charge in [-0.15, -0.1) is 0 Å². The van der Waals surface area contributed by atoms with Gasteiger partial charge >= 0.3 is 0 Å². The monoisotopic (exact) mass is 184 g/mol. The van der Waals surface area contributed by atoms with Crippen molar-refractivity contribution in [2.45, 2.75) is 26.9 Å². The molecule has 0 N–H and O–H groups in total. The van der Waals surface area contributed by atoms with Gasteiger partial charge in [0, 0.05) is 13.5 Å². The lowest BCUT2D eigenvalue weighted by Gasteiger charge is -2.04. The second-order valence-electron chi connectivity index (χ2n) is 2.61. The Hall–Kier alpha value is -1.23. The van der Waals surface area contributed by atoms with Crippen LogP contribution in [0.25, 0.3) is 0 Å². The topological polar surface area (TPSA) is 65.2 Å². The molecule has 1 atom stereocenters. The second kappa shape index (κ2) is 4.13. The number of rotatable bonds is 4. The summed E-state index contributed by atoms with van der Waals surface area (Å²) in [5.41, 5.74) is 0. The molecule has 0 aliphatic carbocycles. The summed E-state index contributed by atoms with van der Waals surface area (Å²) in [4.78, 5) is 14.7. The molecule has 0 aromatic carbocycles. The highest BCUT2D eigenvalue weighted by Crippen LogP contribution is 2.12. The third-order valence-electron chi connectivity index (χ3n) is 1.52. The normalized spacial score (nSPS) is 12.8. The minimum atomic E-state index is -0.234. The molecule has 13 heavy (non-hydrogen) atoms. The molecule has 0 saturated carbocycles. The van der Waals surface area contributed by atoms with Crippen LogP contribution in [-0.2, 0) is 4.74 Å². The van der Waals surface area contributed by atoms with Gasteiger partial charge in [0.25, 0.3) is 5.89 Å². The number of Topliss-reactive ketones (excluding diaryl/α,β-unsaturated/α-hetero) is 1. The first-order chi connectivity index (χ1) is 6.15. The van der Waals surface area contributed by atoms with Crippen molar-refractivity contribution in [2.24, 2.45) is 0 Å². The van der Waals surface area contributed by atoms with Crippen molar-refractivity contribution < 1.29 is 14.1 Å². The summed E-state index contributed by atoms with van der Waals surface area (Å²) in [5.74, 6) is 0.205. The molecule has 0 fully saturated rings. The minimum Gasteiger partial charge on any atom is -0.371 e. The van der Waals surface area contributed by atoms with Crippen molar-refractivity contribution in [1.29, 1.82) is 0 Å². The van der Waals surface area contributed by atoms with Gasteiger partial charge in [0.2, 0.25) is 11.6 Å². The van der Waals surface area contributed by atoms with Gasteiger partial charge in [-0.3, -0.25) is 4.79 Å². The van der Waals surface area contributed by atoms with E-state index >= 15 is 0 Å². The van der Waals surface area contributed by atoms with E-state index in [2.05, 4.69) is 10.1 Å². The summed E-state index contributed by atoms with van der Waals surface area (Å²) < 4.78 is 9.93. The van der Waals surface area contributed by atoms with E-state index in [9.17, 15) is 4.79 Å². The number of carbonyl (C=O) groups excluding carboxylic acids is 1. The molecule has 0 aliphatic heterocycles. The van der Waals surface area contributed by atoms with Crippen LogP contribution in [0.3, 0.4) is 0 Å². The van der Waals surface area contributed by atoms with Crippen LogP contribution in [0.1, 0.15) is 43.4 Å². The summed E-state index contributed by atoms with van der Waals surface area (Å²) in [5, 5.41) is 3.62. The van der Waals surface area contributed by atoms with Gasteiger partial charge in [0.1, 0.15) is 6.10 Å². The van der Waals surface area contributed by atoms with E-state index in [1.807, 2.05) is 6.92 Å². The molecule has 0 spiro atoms. The molecular formula is C8H12N2O3. The fourth-order valence-electron chi connectivity index (χ4n) is 0.868. The average Bonchev–Trinajstić information content (AvgIpc) is 2.52. The van der Waals surface area contributed by atoms with Gasteiger partial charge in [-0.05, 0) is 13.8 Å². The van der Waals surface area contributed by atoms with Crippen LogP contribution in [0.15, 0.2) is 4.52 Å². The molecule has 1 unspecified atom stereocenters. The number of carbonyl (C=O) groups is 1.